The number of ether oxygens (including phenoxy) is 1. The zero-order chi connectivity index (χ0) is 20.5. The Morgan fingerprint density at radius 3 is 2.50 bits per heavy atom. The Labute approximate surface area is 173 Å². The molecule has 0 spiro atoms. The quantitative estimate of drug-likeness (QED) is 0.710. The van der Waals surface area contributed by atoms with E-state index < -0.39 is 11.6 Å². The third-order valence-electron chi connectivity index (χ3n) is 6.05. The molecule has 0 amide bonds. The highest BCUT2D eigenvalue weighted by molar-refractivity contribution is 5.88. The number of aromatic nitrogens is 3. The second kappa shape index (κ2) is 8.28. The van der Waals surface area contributed by atoms with E-state index in [-0.39, 0.29) is 0 Å². The van der Waals surface area contributed by atoms with E-state index in [0.29, 0.717) is 17.3 Å². The summed E-state index contributed by atoms with van der Waals surface area (Å²) in [5, 5.41) is 0. The lowest BCUT2D eigenvalue weighted by Gasteiger charge is -2.36. The normalized spacial score (nSPS) is 18.9. The molecule has 2 aliphatic rings. The van der Waals surface area contributed by atoms with E-state index >= 15 is 0 Å². The van der Waals surface area contributed by atoms with Crippen molar-refractivity contribution in [1.29, 1.82) is 0 Å². The molecule has 0 unspecified atom stereocenters. The number of pyridine rings is 1. The fourth-order valence-corrected chi connectivity index (χ4v) is 4.46. The minimum atomic E-state index is -0.619. The van der Waals surface area contributed by atoms with Gasteiger partial charge in [-0.15, -0.1) is 0 Å². The number of H-pyrrole nitrogens is 1. The fraction of sp³-hybridized carbons (Fsp3) is 0.455. The highest BCUT2D eigenvalue weighted by Crippen LogP contribution is 2.30. The Morgan fingerprint density at radius 1 is 1.03 bits per heavy atom. The number of fused-ring (bicyclic) bond motifs is 1. The topological polar surface area (TPSA) is 57.3 Å². The van der Waals surface area contributed by atoms with E-state index in [4.69, 9.17) is 4.74 Å². The Balaban J connectivity index is 1.33. The summed E-state index contributed by atoms with van der Waals surface area (Å²) in [6.45, 7) is 6.71. The number of hydrogen-bond acceptors (Lipinski definition) is 5. The van der Waals surface area contributed by atoms with Crippen LogP contribution in [0.25, 0.3) is 22.4 Å². The molecule has 6 nitrogen and oxygen atoms in total. The zero-order valence-corrected chi connectivity index (χ0v) is 16.8. The van der Waals surface area contributed by atoms with Gasteiger partial charge in [-0.25, -0.2) is 18.7 Å². The number of imidazole rings is 1. The van der Waals surface area contributed by atoms with Crippen LogP contribution in [0.5, 0.6) is 0 Å². The molecule has 0 bridgehead atoms. The summed E-state index contributed by atoms with van der Waals surface area (Å²) in [7, 11) is 0. The van der Waals surface area contributed by atoms with Crippen molar-refractivity contribution in [2.75, 3.05) is 50.8 Å². The molecule has 158 valence electrons. The number of halogens is 2. The van der Waals surface area contributed by atoms with E-state index in [1.807, 2.05) is 6.07 Å². The van der Waals surface area contributed by atoms with Crippen LogP contribution in [0, 0.1) is 17.6 Å². The van der Waals surface area contributed by atoms with Gasteiger partial charge in [0.2, 0.25) is 0 Å². The number of rotatable bonds is 4. The molecule has 2 fully saturated rings. The first-order chi connectivity index (χ1) is 14.7. The first kappa shape index (κ1) is 19.4. The van der Waals surface area contributed by atoms with Gasteiger partial charge in [0.05, 0.1) is 18.7 Å². The molecule has 30 heavy (non-hydrogen) atoms. The Morgan fingerprint density at radius 2 is 1.77 bits per heavy atom. The zero-order valence-electron chi connectivity index (χ0n) is 16.8. The smallest absolute Gasteiger partial charge is 0.156 e. The van der Waals surface area contributed by atoms with Crippen LogP contribution < -0.4 is 4.90 Å². The molecule has 2 aliphatic heterocycles. The summed E-state index contributed by atoms with van der Waals surface area (Å²) in [5.74, 6) is 0.720. The van der Waals surface area contributed by atoms with Crippen molar-refractivity contribution in [3.8, 4) is 11.4 Å². The monoisotopic (exact) mass is 413 g/mol. The van der Waals surface area contributed by atoms with Crippen molar-refractivity contribution in [3.05, 3.63) is 42.1 Å². The Bertz CT molecular complexity index is 1010. The lowest BCUT2D eigenvalue weighted by molar-refractivity contribution is 0.0289. The summed E-state index contributed by atoms with van der Waals surface area (Å²) in [5.41, 5.74) is 1.94. The van der Waals surface area contributed by atoms with Crippen molar-refractivity contribution < 1.29 is 13.5 Å². The number of morpholine rings is 1. The van der Waals surface area contributed by atoms with Gasteiger partial charge in [-0.1, -0.05) is 0 Å². The average Bonchev–Trinajstić information content (AvgIpc) is 3.19. The summed E-state index contributed by atoms with van der Waals surface area (Å²) in [6.07, 6.45) is 3.98. The van der Waals surface area contributed by atoms with Crippen LogP contribution in [0.2, 0.25) is 0 Å². The molecule has 0 aliphatic carbocycles. The molecule has 3 aromatic rings. The van der Waals surface area contributed by atoms with Gasteiger partial charge in [-0.05, 0) is 37.0 Å². The second-order valence-electron chi connectivity index (χ2n) is 8.12. The fourth-order valence-electron chi connectivity index (χ4n) is 4.46. The van der Waals surface area contributed by atoms with Gasteiger partial charge in [0.15, 0.2) is 5.82 Å². The maximum atomic E-state index is 13.6. The Hall–Kier alpha value is -2.58. The first-order valence-electron chi connectivity index (χ1n) is 10.5. The molecule has 4 heterocycles. The molecule has 2 saturated heterocycles. The second-order valence-corrected chi connectivity index (χ2v) is 8.12. The molecule has 1 N–H and O–H groups in total. The van der Waals surface area contributed by atoms with Gasteiger partial charge in [-0.2, -0.15) is 0 Å². The number of aromatic amines is 1. The molecule has 5 rings (SSSR count). The molecule has 0 atom stereocenters. The maximum Gasteiger partial charge on any atom is 0.156 e. The standard InChI is InChI=1S/C22H25F2N5O/c23-17-11-16(12-18(24)13-17)21-26-19-1-4-25-22(20(19)27-21)29-5-2-15(3-6-29)14-28-7-9-30-10-8-28/h1,4,11-13,15H,2-3,5-10,14H2,(H,26,27). The summed E-state index contributed by atoms with van der Waals surface area (Å²) in [4.78, 5) is 17.2. The van der Waals surface area contributed by atoms with Gasteiger partial charge in [0.25, 0.3) is 0 Å². The molecule has 8 heteroatoms. The van der Waals surface area contributed by atoms with Crippen LogP contribution in [0.4, 0.5) is 14.6 Å². The SMILES string of the molecule is Fc1cc(F)cc(-c2nc3c(N4CCC(CN5CCOCC5)CC4)nccc3[nH]2)c1. The first-order valence-corrected chi connectivity index (χ1v) is 10.5. The van der Waals surface area contributed by atoms with E-state index in [9.17, 15) is 8.78 Å². The van der Waals surface area contributed by atoms with Crippen molar-refractivity contribution in [2.24, 2.45) is 5.92 Å². The van der Waals surface area contributed by atoms with E-state index in [0.717, 1.165) is 81.7 Å². The van der Waals surface area contributed by atoms with E-state index in [2.05, 4.69) is 24.8 Å². The molecular weight excluding hydrogens is 388 g/mol. The minimum Gasteiger partial charge on any atom is -0.379 e. The number of anilines is 1. The lowest BCUT2D eigenvalue weighted by Crippen LogP contribution is -2.43. The highest BCUT2D eigenvalue weighted by atomic mass is 19.1. The molecule has 0 radical (unpaired) electrons. The summed E-state index contributed by atoms with van der Waals surface area (Å²) < 4.78 is 32.7. The third kappa shape index (κ3) is 4.02. The van der Waals surface area contributed by atoms with Crippen LogP contribution >= 0.6 is 0 Å². The van der Waals surface area contributed by atoms with Gasteiger partial charge in [0.1, 0.15) is 23.0 Å². The minimum absolute atomic E-state index is 0.388. The average molecular weight is 413 g/mol. The highest BCUT2D eigenvalue weighted by Gasteiger charge is 2.25. The number of hydrogen-bond donors (Lipinski definition) is 1. The van der Waals surface area contributed by atoms with Gasteiger partial charge in [0, 0.05) is 50.6 Å². The van der Waals surface area contributed by atoms with Crippen LogP contribution in [-0.4, -0.2) is 65.8 Å². The largest absolute Gasteiger partial charge is 0.379 e. The van der Waals surface area contributed by atoms with Crippen LogP contribution in [0.15, 0.2) is 30.5 Å². The van der Waals surface area contributed by atoms with Crippen LogP contribution in [-0.2, 0) is 4.74 Å². The number of nitrogens with zero attached hydrogens (tertiary/aromatic N) is 4. The van der Waals surface area contributed by atoms with Gasteiger partial charge in [-0.3, -0.25) is 4.90 Å². The summed E-state index contributed by atoms with van der Waals surface area (Å²) >= 11 is 0. The van der Waals surface area contributed by atoms with Crippen molar-refractivity contribution in [1.82, 2.24) is 19.9 Å². The van der Waals surface area contributed by atoms with Gasteiger partial charge < -0.3 is 14.6 Å². The van der Waals surface area contributed by atoms with E-state index in [1.165, 1.54) is 12.1 Å². The predicted molar refractivity (Wildman–Crippen MR) is 111 cm³/mol. The summed E-state index contributed by atoms with van der Waals surface area (Å²) in [6, 6.07) is 5.27. The van der Waals surface area contributed by atoms with Crippen molar-refractivity contribution >= 4 is 16.9 Å². The van der Waals surface area contributed by atoms with Crippen LogP contribution in [0.1, 0.15) is 12.8 Å². The number of nitrogens with one attached hydrogen (secondary N) is 1. The van der Waals surface area contributed by atoms with Gasteiger partial charge >= 0.3 is 0 Å². The predicted octanol–water partition coefficient (Wildman–Crippen LogP) is 3.45. The maximum absolute atomic E-state index is 13.6. The molecule has 0 saturated carbocycles. The number of benzene rings is 1. The molecule has 2 aromatic heterocycles. The number of piperidine rings is 1. The Kier molecular flexibility index (Phi) is 5.35. The molecular formula is C22H25F2N5O. The lowest BCUT2D eigenvalue weighted by atomic mass is 9.96. The third-order valence-corrected chi connectivity index (χ3v) is 6.05. The van der Waals surface area contributed by atoms with Crippen LogP contribution in [0.3, 0.4) is 0 Å². The van der Waals surface area contributed by atoms with Crippen molar-refractivity contribution in [2.45, 2.75) is 12.8 Å². The van der Waals surface area contributed by atoms with Crippen molar-refractivity contribution in [3.63, 3.8) is 0 Å². The van der Waals surface area contributed by atoms with E-state index in [1.54, 1.807) is 6.20 Å². The molecule has 1 aromatic carbocycles.